The Morgan fingerprint density at radius 1 is 1.21 bits per heavy atom. The topological polar surface area (TPSA) is 126 Å². The molecule has 2 N–H and O–H groups in total. The Morgan fingerprint density at radius 2 is 1.94 bits per heavy atom. The summed E-state index contributed by atoms with van der Waals surface area (Å²) in [6, 6.07) is 9.11. The van der Waals surface area contributed by atoms with Crippen molar-refractivity contribution in [2.75, 3.05) is 0 Å². The summed E-state index contributed by atoms with van der Waals surface area (Å²) in [5.41, 5.74) is 1.33. The highest BCUT2D eigenvalue weighted by molar-refractivity contribution is 5.76. The van der Waals surface area contributed by atoms with Crippen LogP contribution >= 0.6 is 0 Å². The number of aromatic nitrogens is 4. The number of fused-ring (bicyclic) bond motifs is 1. The van der Waals surface area contributed by atoms with Crippen LogP contribution in [0.25, 0.3) is 11.2 Å². The van der Waals surface area contributed by atoms with Gasteiger partial charge in [-0.2, -0.15) is 5.26 Å². The zero-order valence-electron chi connectivity index (χ0n) is 19.4. The van der Waals surface area contributed by atoms with Gasteiger partial charge in [-0.05, 0) is 30.0 Å². The first kappa shape index (κ1) is 24.0. The molecule has 0 atom stereocenters. The molecule has 0 aliphatic carbocycles. The predicted octanol–water partition coefficient (Wildman–Crippen LogP) is 2.46. The van der Waals surface area contributed by atoms with E-state index in [1.165, 1.54) is 4.57 Å². The third kappa shape index (κ3) is 5.77. The predicted molar refractivity (Wildman–Crippen MR) is 126 cm³/mol. The van der Waals surface area contributed by atoms with Crippen molar-refractivity contribution < 1.29 is 4.79 Å². The van der Waals surface area contributed by atoms with Crippen molar-refractivity contribution in [3.05, 3.63) is 62.1 Å². The smallest absolute Gasteiger partial charge is 0.330 e. The van der Waals surface area contributed by atoms with E-state index in [0.29, 0.717) is 48.6 Å². The number of benzene rings is 1. The molecule has 3 rings (SSSR count). The van der Waals surface area contributed by atoms with Gasteiger partial charge in [0, 0.05) is 32.5 Å². The third-order valence-electron chi connectivity index (χ3n) is 5.40. The number of H-pyrrole nitrogens is 1. The van der Waals surface area contributed by atoms with Gasteiger partial charge in [-0.15, -0.1) is 0 Å². The van der Waals surface area contributed by atoms with E-state index in [1.807, 2.05) is 37.5 Å². The van der Waals surface area contributed by atoms with E-state index in [1.54, 1.807) is 12.1 Å². The van der Waals surface area contributed by atoms with Gasteiger partial charge >= 0.3 is 5.69 Å². The maximum absolute atomic E-state index is 12.7. The Labute approximate surface area is 192 Å². The zero-order valence-corrected chi connectivity index (χ0v) is 19.4. The van der Waals surface area contributed by atoms with Crippen LogP contribution in [0.3, 0.4) is 0 Å². The lowest BCUT2D eigenvalue weighted by Crippen LogP contribution is -2.31. The summed E-state index contributed by atoms with van der Waals surface area (Å²) in [4.78, 5) is 44.6. The number of nitrogens with one attached hydrogen (secondary N) is 2. The van der Waals surface area contributed by atoms with Crippen molar-refractivity contribution in [1.82, 2.24) is 24.4 Å². The van der Waals surface area contributed by atoms with E-state index in [-0.39, 0.29) is 18.2 Å². The lowest BCUT2D eigenvalue weighted by atomic mass is 10.1. The molecule has 0 saturated carbocycles. The van der Waals surface area contributed by atoms with Crippen LogP contribution in [0.15, 0.2) is 33.9 Å². The van der Waals surface area contributed by atoms with E-state index in [2.05, 4.69) is 21.4 Å². The Morgan fingerprint density at radius 3 is 2.58 bits per heavy atom. The summed E-state index contributed by atoms with van der Waals surface area (Å²) in [6.07, 6.45) is 2.26. The SMILES string of the molecule is CCCCn1c(=O)[nH]c(=O)c2c1nc(CCC(=O)NCc1ccc(C#N)cc1)n2CC(C)C. The van der Waals surface area contributed by atoms with E-state index < -0.39 is 11.2 Å². The Hall–Kier alpha value is -3.67. The van der Waals surface area contributed by atoms with Crippen molar-refractivity contribution in [3.63, 3.8) is 0 Å². The van der Waals surface area contributed by atoms with Gasteiger partial charge in [-0.3, -0.25) is 19.1 Å². The van der Waals surface area contributed by atoms with Crippen LogP contribution in [0, 0.1) is 17.2 Å². The van der Waals surface area contributed by atoms with Crippen LogP contribution in [0.5, 0.6) is 0 Å². The molecule has 0 aliphatic rings. The highest BCUT2D eigenvalue weighted by Gasteiger charge is 2.19. The molecule has 3 aromatic rings. The monoisotopic (exact) mass is 450 g/mol. The molecule has 0 radical (unpaired) electrons. The number of carbonyl (C=O) groups is 1. The lowest BCUT2D eigenvalue weighted by Gasteiger charge is -2.11. The number of aromatic amines is 1. The maximum Gasteiger partial charge on any atom is 0.330 e. The Kier molecular flexibility index (Phi) is 7.83. The lowest BCUT2D eigenvalue weighted by molar-refractivity contribution is -0.121. The molecular formula is C24H30N6O3. The standard InChI is InChI=1S/C24H30N6O3/c1-4-5-12-29-22-21(23(32)28-24(29)33)30(15-16(2)3)19(27-22)10-11-20(31)26-14-18-8-6-17(13-25)7-9-18/h6-9,16H,4-5,10-12,14-15H2,1-3H3,(H,26,31)(H,28,32,33). The molecule has 2 aromatic heterocycles. The molecule has 0 spiro atoms. The van der Waals surface area contributed by atoms with Crippen LogP contribution < -0.4 is 16.6 Å². The Bertz CT molecular complexity index is 1270. The van der Waals surface area contributed by atoms with Crippen molar-refractivity contribution in [2.24, 2.45) is 5.92 Å². The normalized spacial score (nSPS) is 11.1. The number of carbonyl (C=O) groups excluding carboxylic acids is 1. The fourth-order valence-corrected chi connectivity index (χ4v) is 3.71. The van der Waals surface area contributed by atoms with E-state index in [4.69, 9.17) is 5.26 Å². The fourth-order valence-electron chi connectivity index (χ4n) is 3.71. The number of nitrogens with zero attached hydrogens (tertiary/aromatic N) is 4. The average molecular weight is 451 g/mol. The summed E-state index contributed by atoms with van der Waals surface area (Å²) in [5.74, 6) is 0.732. The number of nitriles is 1. The molecule has 9 nitrogen and oxygen atoms in total. The second kappa shape index (κ2) is 10.8. The van der Waals surface area contributed by atoms with Gasteiger partial charge in [0.1, 0.15) is 5.82 Å². The number of unbranched alkanes of at least 4 members (excludes halogenated alkanes) is 1. The van der Waals surface area contributed by atoms with E-state index >= 15 is 0 Å². The first-order chi connectivity index (χ1) is 15.8. The number of imidazole rings is 1. The fraction of sp³-hybridized carbons (Fsp3) is 0.458. The molecule has 0 bridgehead atoms. The summed E-state index contributed by atoms with van der Waals surface area (Å²) in [6.45, 7) is 7.53. The molecule has 2 heterocycles. The molecule has 1 aromatic carbocycles. The van der Waals surface area contributed by atoms with Crippen LogP contribution in [0.1, 0.15) is 57.0 Å². The van der Waals surface area contributed by atoms with Gasteiger partial charge in [0.25, 0.3) is 5.56 Å². The minimum absolute atomic E-state index is 0.139. The highest BCUT2D eigenvalue weighted by atomic mass is 16.2. The summed E-state index contributed by atoms with van der Waals surface area (Å²) in [7, 11) is 0. The number of rotatable bonds is 10. The van der Waals surface area contributed by atoms with E-state index in [0.717, 1.165) is 18.4 Å². The van der Waals surface area contributed by atoms with Crippen LogP contribution in [0.2, 0.25) is 0 Å². The molecule has 33 heavy (non-hydrogen) atoms. The van der Waals surface area contributed by atoms with Gasteiger partial charge in [0.15, 0.2) is 11.2 Å². The minimum atomic E-state index is -0.457. The zero-order chi connectivity index (χ0) is 24.0. The van der Waals surface area contributed by atoms with Crippen LogP contribution in [0.4, 0.5) is 0 Å². The molecule has 0 fully saturated rings. The number of amides is 1. The van der Waals surface area contributed by atoms with Crippen molar-refractivity contribution >= 4 is 17.1 Å². The van der Waals surface area contributed by atoms with Gasteiger partial charge in [-0.25, -0.2) is 9.78 Å². The number of hydrogen-bond donors (Lipinski definition) is 2. The largest absolute Gasteiger partial charge is 0.352 e. The summed E-state index contributed by atoms with van der Waals surface area (Å²) < 4.78 is 3.36. The van der Waals surface area contributed by atoms with Crippen LogP contribution in [-0.2, 0) is 30.8 Å². The second-order valence-corrected chi connectivity index (χ2v) is 8.55. The quantitative estimate of drug-likeness (QED) is 0.491. The van der Waals surface area contributed by atoms with Gasteiger partial charge in [0.2, 0.25) is 5.91 Å². The molecule has 0 aliphatic heterocycles. The van der Waals surface area contributed by atoms with Crippen molar-refractivity contribution in [1.29, 1.82) is 5.26 Å². The maximum atomic E-state index is 12.7. The third-order valence-corrected chi connectivity index (χ3v) is 5.40. The average Bonchev–Trinajstić information content (AvgIpc) is 3.14. The van der Waals surface area contributed by atoms with Gasteiger partial charge in [-0.1, -0.05) is 39.3 Å². The number of hydrogen-bond acceptors (Lipinski definition) is 5. The Balaban J connectivity index is 1.81. The minimum Gasteiger partial charge on any atom is -0.352 e. The first-order valence-electron chi connectivity index (χ1n) is 11.3. The van der Waals surface area contributed by atoms with Crippen molar-refractivity contribution in [3.8, 4) is 6.07 Å². The van der Waals surface area contributed by atoms with Crippen LogP contribution in [-0.4, -0.2) is 25.0 Å². The first-order valence-corrected chi connectivity index (χ1v) is 11.3. The molecular weight excluding hydrogens is 420 g/mol. The molecule has 1 amide bonds. The number of aryl methyl sites for hydroxylation is 2. The molecule has 0 unspecified atom stereocenters. The second-order valence-electron chi connectivity index (χ2n) is 8.55. The summed E-state index contributed by atoms with van der Waals surface area (Å²) in [5, 5.41) is 11.8. The summed E-state index contributed by atoms with van der Waals surface area (Å²) >= 11 is 0. The molecule has 174 valence electrons. The van der Waals surface area contributed by atoms with E-state index in [9.17, 15) is 14.4 Å². The molecule has 0 saturated heterocycles. The van der Waals surface area contributed by atoms with Gasteiger partial charge < -0.3 is 9.88 Å². The molecule has 9 heteroatoms. The van der Waals surface area contributed by atoms with Crippen molar-refractivity contribution in [2.45, 2.75) is 66.1 Å². The van der Waals surface area contributed by atoms with Gasteiger partial charge in [0.05, 0.1) is 11.6 Å². The highest BCUT2D eigenvalue weighted by Crippen LogP contribution is 2.16.